The second-order valence-corrected chi connectivity index (χ2v) is 8.01. The van der Waals surface area contributed by atoms with Crippen molar-refractivity contribution in [3.05, 3.63) is 0 Å². The van der Waals surface area contributed by atoms with Gasteiger partial charge in [0, 0.05) is 53.0 Å². The van der Waals surface area contributed by atoms with Gasteiger partial charge in [0.1, 0.15) is 0 Å². The molecule has 0 N–H and O–H groups in total. The van der Waals surface area contributed by atoms with Crippen molar-refractivity contribution in [1.29, 1.82) is 0 Å². The summed E-state index contributed by atoms with van der Waals surface area (Å²) in [5.74, 6) is 0. The molecule has 4 heteroatoms. The lowest BCUT2D eigenvalue weighted by Crippen LogP contribution is -2.48. The first-order valence-corrected chi connectivity index (χ1v) is 9.53. The van der Waals surface area contributed by atoms with Gasteiger partial charge in [-0.05, 0) is 18.3 Å². The predicted octanol–water partition coefficient (Wildman–Crippen LogP) is 3.26. The zero-order chi connectivity index (χ0) is 17.0. The molecule has 0 atom stereocenters. The lowest BCUT2D eigenvalue weighted by Gasteiger charge is -2.34. The van der Waals surface area contributed by atoms with Crippen LogP contribution in [0.2, 0.25) is 0 Å². The lowest BCUT2D eigenvalue weighted by atomic mass is 9.89. The molecule has 4 nitrogen and oxygen atoms in total. The highest BCUT2D eigenvalue weighted by molar-refractivity contribution is 4.71. The highest BCUT2D eigenvalue weighted by Crippen LogP contribution is 2.22. The molecule has 0 radical (unpaired) electrons. The molecule has 0 aromatic carbocycles. The molecule has 1 aliphatic heterocycles. The van der Waals surface area contributed by atoms with E-state index in [2.05, 4.69) is 30.6 Å². The van der Waals surface area contributed by atoms with Crippen molar-refractivity contribution in [2.45, 2.75) is 52.9 Å². The average molecular weight is 329 g/mol. The van der Waals surface area contributed by atoms with Gasteiger partial charge in [-0.25, -0.2) is 0 Å². The second-order valence-electron chi connectivity index (χ2n) is 8.01. The van der Waals surface area contributed by atoms with E-state index in [-0.39, 0.29) is 0 Å². The summed E-state index contributed by atoms with van der Waals surface area (Å²) in [6, 6.07) is 0. The van der Waals surface area contributed by atoms with Crippen molar-refractivity contribution >= 4 is 0 Å². The Morgan fingerprint density at radius 2 is 1.30 bits per heavy atom. The van der Waals surface area contributed by atoms with Crippen molar-refractivity contribution in [3.63, 3.8) is 0 Å². The Morgan fingerprint density at radius 1 is 0.739 bits per heavy atom. The number of ether oxygens (including phenoxy) is 2. The molecule has 1 aliphatic rings. The number of hydrogen-bond donors (Lipinski definition) is 0. The largest absolute Gasteiger partial charge is 0.383 e. The summed E-state index contributed by atoms with van der Waals surface area (Å²) in [5.41, 5.74) is 0.490. The first-order chi connectivity index (χ1) is 11.0. The van der Waals surface area contributed by atoms with Crippen molar-refractivity contribution < 1.29 is 9.47 Å². The Morgan fingerprint density at radius 3 is 1.87 bits per heavy atom. The third-order valence-corrected chi connectivity index (χ3v) is 4.59. The molecule has 1 fully saturated rings. The summed E-state index contributed by atoms with van der Waals surface area (Å²) in [6.45, 7) is 16.5. The molecular weight excluding hydrogens is 288 g/mol. The topological polar surface area (TPSA) is 24.9 Å². The van der Waals surface area contributed by atoms with Crippen LogP contribution in [0.3, 0.4) is 0 Å². The van der Waals surface area contributed by atoms with Gasteiger partial charge in [-0.2, -0.15) is 0 Å². The van der Waals surface area contributed by atoms with Crippen LogP contribution in [0.1, 0.15) is 52.9 Å². The highest BCUT2D eigenvalue weighted by atomic mass is 16.5. The van der Waals surface area contributed by atoms with Crippen molar-refractivity contribution in [2.75, 3.05) is 66.2 Å². The maximum absolute atomic E-state index is 5.80. The van der Waals surface area contributed by atoms with Crippen LogP contribution in [0.5, 0.6) is 0 Å². The van der Waals surface area contributed by atoms with Gasteiger partial charge in [0.25, 0.3) is 0 Å². The molecule has 0 saturated carbocycles. The summed E-state index contributed by atoms with van der Waals surface area (Å²) in [4.78, 5) is 5.01. The van der Waals surface area contributed by atoms with Gasteiger partial charge in [-0.3, -0.25) is 9.80 Å². The maximum atomic E-state index is 5.80. The van der Waals surface area contributed by atoms with Crippen molar-refractivity contribution in [3.8, 4) is 0 Å². The second kappa shape index (κ2) is 12.2. The summed E-state index contributed by atoms with van der Waals surface area (Å²) < 4.78 is 10.9. The number of piperazine rings is 1. The van der Waals surface area contributed by atoms with Crippen LogP contribution in [0, 0.1) is 5.41 Å². The third-order valence-electron chi connectivity index (χ3n) is 4.59. The van der Waals surface area contributed by atoms with E-state index in [0.29, 0.717) is 5.41 Å². The Balaban J connectivity index is 1.85. The highest BCUT2D eigenvalue weighted by Gasteiger charge is 2.15. The molecule has 0 aromatic heterocycles. The number of nitrogens with zero attached hydrogens (tertiary/aromatic N) is 2. The molecule has 23 heavy (non-hydrogen) atoms. The Labute approximate surface area is 144 Å². The molecule has 1 rings (SSSR count). The Bertz CT molecular complexity index is 271. The lowest BCUT2D eigenvalue weighted by molar-refractivity contribution is 0.0641. The van der Waals surface area contributed by atoms with E-state index in [9.17, 15) is 0 Å². The van der Waals surface area contributed by atoms with Crippen LogP contribution in [0.25, 0.3) is 0 Å². The third kappa shape index (κ3) is 11.9. The van der Waals surface area contributed by atoms with Crippen molar-refractivity contribution in [2.24, 2.45) is 5.41 Å². The van der Waals surface area contributed by atoms with Crippen LogP contribution in [-0.4, -0.2) is 76.0 Å². The molecule has 138 valence electrons. The summed E-state index contributed by atoms with van der Waals surface area (Å²) in [6.07, 6.45) is 6.58. The van der Waals surface area contributed by atoms with Crippen LogP contribution in [0.4, 0.5) is 0 Å². The van der Waals surface area contributed by atoms with Gasteiger partial charge < -0.3 is 9.47 Å². The van der Waals surface area contributed by atoms with E-state index in [1.807, 2.05) is 0 Å². The molecule has 0 unspecified atom stereocenters. The van der Waals surface area contributed by atoms with Gasteiger partial charge in [-0.1, -0.05) is 40.0 Å². The summed E-state index contributed by atoms with van der Waals surface area (Å²) in [5, 5.41) is 0. The number of methoxy groups -OCH3 is 1. The average Bonchev–Trinajstić information content (AvgIpc) is 2.51. The van der Waals surface area contributed by atoms with E-state index >= 15 is 0 Å². The predicted molar refractivity (Wildman–Crippen MR) is 98.1 cm³/mol. The fraction of sp³-hybridized carbons (Fsp3) is 1.00. The smallest absolute Gasteiger partial charge is 0.0593 e. The first-order valence-electron chi connectivity index (χ1n) is 9.53. The normalized spacial score (nSPS) is 17.7. The summed E-state index contributed by atoms with van der Waals surface area (Å²) in [7, 11) is 1.78. The van der Waals surface area contributed by atoms with Gasteiger partial charge in [0.15, 0.2) is 0 Å². The SMILES string of the molecule is COCCN1CCN(CCOCCCCCCC(C)(C)C)CC1. The molecule has 1 saturated heterocycles. The molecule has 0 aromatic rings. The minimum absolute atomic E-state index is 0.490. The first kappa shape index (κ1) is 20.9. The van der Waals surface area contributed by atoms with Crippen LogP contribution in [0.15, 0.2) is 0 Å². The number of hydrogen-bond acceptors (Lipinski definition) is 4. The molecule has 0 bridgehead atoms. The fourth-order valence-corrected chi connectivity index (χ4v) is 2.97. The monoisotopic (exact) mass is 328 g/mol. The van der Waals surface area contributed by atoms with Crippen LogP contribution < -0.4 is 0 Å². The zero-order valence-electron chi connectivity index (χ0n) is 16.1. The maximum Gasteiger partial charge on any atom is 0.0593 e. The van der Waals surface area contributed by atoms with E-state index in [0.717, 1.165) is 46.0 Å². The number of rotatable bonds is 12. The van der Waals surface area contributed by atoms with E-state index in [1.54, 1.807) is 7.11 Å². The summed E-state index contributed by atoms with van der Waals surface area (Å²) >= 11 is 0. The molecule has 0 aliphatic carbocycles. The standard InChI is InChI=1S/C19H40N2O2/c1-19(2,3)9-7-5-6-8-16-23-18-15-21-12-10-20(11-13-21)14-17-22-4/h5-18H2,1-4H3. The Kier molecular flexibility index (Phi) is 11.1. The molecular formula is C19H40N2O2. The van der Waals surface area contributed by atoms with Gasteiger partial charge in [0.05, 0.1) is 13.2 Å². The van der Waals surface area contributed by atoms with Gasteiger partial charge >= 0.3 is 0 Å². The molecule has 0 amide bonds. The van der Waals surface area contributed by atoms with Gasteiger partial charge in [-0.15, -0.1) is 0 Å². The number of unbranched alkanes of at least 4 members (excludes halogenated alkanes) is 3. The quantitative estimate of drug-likeness (QED) is 0.513. The van der Waals surface area contributed by atoms with Gasteiger partial charge in [0.2, 0.25) is 0 Å². The zero-order valence-corrected chi connectivity index (χ0v) is 16.1. The molecule has 1 heterocycles. The van der Waals surface area contributed by atoms with Crippen LogP contribution in [-0.2, 0) is 9.47 Å². The van der Waals surface area contributed by atoms with E-state index in [1.165, 1.54) is 45.2 Å². The van der Waals surface area contributed by atoms with E-state index < -0.39 is 0 Å². The van der Waals surface area contributed by atoms with Crippen molar-refractivity contribution in [1.82, 2.24) is 9.80 Å². The molecule has 0 spiro atoms. The minimum atomic E-state index is 0.490. The minimum Gasteiger partial charge on any atom is -0.383 e. The van der Waals surface area contributed by atoms with Crippen LogP contribution >= 0.6 is 0 Å². The van der Waals surface area contributed by atoms with E-state index in [4.69, 9.17) is 9.47 Å². The Hall–Kier alpha value is -0.160. The fourth-order valence-electron chi connectivity index (χ4n) is 2.97.